The zero-order valence-corrected chi connectivity index (χ0v) is 34.9. The summed E-state index contributed by atoms with van der Waals surface area (Å²) in [5.41, 5.74) is 7.54. The number of aliphatic carboxylic acids is 2. The molecule has 0 radical (unpaired) electrons. The number of phenolic OH excluding ortho intramolecular Hbond substituents is 2. The van der Waals surface area contributed by atoms with Crippen LogP contribution in [0.3, 0.4) is 0 Å². The van der Waals surface area contributed by atoms with Crippen LogP contribution in [0.4, 0.5) is 0 Å². The van der Waals surface area contributed by atoms with Gasteiger partial charge in [0, 0.05) is 28.8 Å². The number of carbonyl (C=O) groups is 6. The van der Waals surface area contributed by atoms with Crippen molar-refractivity contribution < 1.29 is 63.8 Å². The van der Waals surface area contributed by atoms with Crippen LogP contribution >= 0.6 is 11.6 Å². The average Bonchev–Trinajstić information content (AvgIpc) is 3.84. The molecule has 63 heavy (non-hydrogen) atoms. The van der Waals surface area contributed by atoms with Crippen LogP contribution in [0, 0.1) is 6.92 Å². The number of carboxylic acids is 2. The van der Waals surface area contributed by atoms with E-state index >= 15 is 0 Å². The van der Waals surface area contributed by atoms with Gasteiger partial charge in [-0.1, -0.05) is 54.1 Å². The van der Waals surface area contributed by atoms with Crippen molar-refractivity contribution in [3.63, 3.8) is 0 Å². The lowest BCUT2D eigenvalue weighted by molar-refractivity contribution is -0.141. The molecule has 5 aromatic carbocycles. The van der Waals surface area contributed by atoms with Crippen molar-refractivity contribution in [1.82, 2.24) is 16.0 Å². The Balaban J connectivity index is 0.000000191. The quantitative estimate of drug-likeness (QED) is 0.0733. The number of esters is 1. The highest BCUT2D eigenvalue weighted by Crippen LogP contribution is 2.33. The van der Waals surface area contributed by atoms with Crippen molar-refractivity contribution in [2.75, 3.05) is 14.2 Å². The molecule has 3 unspecified atom stereocenters. The normalized spacial score (nSPS) is 16.1. The van der Waals surface area contributed by atoms with E-state index in [0.29, 0.717) is 50.8 Å². The van der Waals surface area contributed by atoms with Crippen molar-refractivity contribution >= 4 is 47.2 Å². The first-order valence-corrected chi connectivity index (χ1v) is 19.6. The van der Waals surface area contributed by atoms with Gasteiger partial charge >= 0.3 is 17.9 Å². The number of benzene rings is 5. The second-order valence-electron chi connectivity index (χ2n) is 14.3. The van der Waals surface area contributed by atoms with Gasteiger partial charge in [0.1, 0.15) is 23.9 Å². The van der Waals surface area contributed by atoms with E-state index in [0.717, 1.165) is 29.4 Å². The maximum Gasteiger partial charge on any atom is 0.307 e. The summed E-state index contributed by atoms with van der Waals surface area (Å²) < 4.78 is 10.5. The molecular formula is C46H44ClN3O13. The lowest BCUT2D eigenvalue weighted by Crippen LogP contribution is -2.21. The van der Waals surface area contributed by atoms with E-state index in [9.17, 15) is 39.0 Å². The largest absolute Gasteiger partial charge is 0.508 e. The number of carboxylic acid groups (broad SMARTS) is 2. The molecule has 0 aromatic heterocycles. The highest BCUT2D eigenvalue weighted by Gasteiger charge is 2.32. The molecule has 3 amide bonds. The molecule has 328 valence electrons. The molecule has 0 saturated carbocycles. The van der Waals surface area contributed by atoms with Crippen LogP contribution in [0.5, 0.6) is 17.2 Å². The number of aliphatic hydroxyl groups is 1. The van der Waals surface area contributed by atoms with E-state index in [1.165, 1.54) is 31.4 Å². The molecule has 8 rings (SSSR count). The standard InChI is InChI=1S/C24H20ClNO4.C11H11NO4.C10H9NO4.CH4O/c1-14-9-17(25)5-7-19(14)16-4-2-3-15(10-16)13-30-18-6-8-20-21(11-18)24(29)26-22(20)12-23(27)28;1-16-10(14)5-9-7-3-2-6(13)4-8(7)11(15)12-9;12-5-1-2-6-7(3-5)10(15)11-8(6)4-9(13)14;1-2/h2-11,22H,12-13H2,1H3,(H,26,29)(H,27,28);2-4,9,13H,5H2,1H3,(H,12,15);1-3,8,12H,4H2,(H,11,15)(H,13,14);2H,1H3. The number of rotatable bonds is 10. The minimum absolute atomic E-state index is 0.000116. The Morgan fingerprint density at radius 3 is 1.60 bits per heavy atom. The number of hydrogen-bond acceptors (Lipinski definition) is 11. The molecule has 16 nitrogen and oxygen atoms in total. The third kappa shape index (κ3) is 11.7. The molecule has 8 N–H and O–H groups in total. The fraction of sp³-hybridized carbons (Fsp3) is 0.217. The number of halogens is 1. The Morgan fingerprint density at radius 2 is 1.11 bits per heavy atom. The highest BCUT2D eigenvalue weighted by atomic mass is 35.5. The van der Waals surface area contributed by atoms with Crippen molar-refractivity contribution in [2.24, 2.45) is 0 Å². The number of phenols is 2. The van der Waals surface area contributed by atoms with Gasteiger partial charge in [0.05, 0.1) is 44.5 Å². The van der Waals surface area contributed by atoms with E-state index in [-0.39, 0.29) is 60.5 Å². The summed E-state index contributed by atoms with van der Waals surface area (Å²) >= 11 is 6.06. The van der Waals surface area contributed by atoms with Gasteiger partial charge in [0.15, 0.2) is 0 Å². The number of hydrogen-bond donors (Lipinski definition) is 8. The fourth-order valence-electron chi connectivity index (χ4n) is 7.18. The Morgan fingerprint density at radius 1 is 0.619 bits per heavy atom. The molecule has 0 spiro atoms. The number of amides is 3. The number of methoxy groups -OCH3 is 1. The van der Waals surface area contributed by atoms with E-state index < -0.39 is 24.0 Å². The van der Waals surface area contributed by atoms with Crippen LogP contribution in [-0.4, -0.2) is 75.4 Å². The predicted octanol–water partition coefficient (Wildman–Crippen LogP) is 6.15. The zero-order valence-electron chi connectivity index (χ0n) is 34.2. The number of ether oxygens (including phenoxy) is 2. The smallest absolute Gasteiger partial charge is 0.307 e. The summed E-state index contributed by atoms with van der Waals surface area (Å²) in [4.78, 5) is 67.7. The molecule has 3 aliphatic rings. The minimum atomic E-state index is -0.971. The number of fused-ring (bicyclic) bond motifs is 3. The van der Waals surface area contributed by atoms with Gasteiger partial charge in [-0.3, -0.25) is 28.8 Å². The maximum absolute atomic E-state index is 12.2. The fourth-order valence-corrected chi connectivity index (χ4v) is 7.41. The number of aromatic hydroxyl groups is 2. The first-order valence-electron chi connectivity index (χ1n) is 19.3. The molecule has 5 aromatic rings. The van der Waals surface area contributed by atoms with Gasteiger partial charge in [-0.05, 0) is 100 Å². The predicted molar refractivity (Wildman–Crippen MR) is 229 cm³/mol. The highest BCUT2D eigenvalue weighted by molar-refractivity contribution is 6.30. The van der Waals surface area contributed by atoms with E-state index in [1.807, 2.05) is 43.3 Å². The summed E-state index contributed by atoms with van der Waals surface area (Å²) in [6.45, 7) is 2.37. The Kier molecular flexibility index (Phi) is 15.5. The Hall–Kier alpha value is -7.43. The van der Waals surface area contributed by atoms with Crippen LogP contribution in [0.15, 0.2) is 97.1 Å². The van der Waals surface area contributed by atoms with Crippen LogP contribution in [0.2, 0.25) is 5.02 Å². The van der Waals surface area contributed by atoms with Crippen molar-refractivity contribution in [3.8, 4) is 28.4 Å². The van der Waals surface area contributed by atoms with Crippen LogP contribution < -0.4 is 20.7 Å². The SMILES string of the molecule is CO.COC(=O)CC1NC(=O)c2cc(O)ccc21.Cc1cc(Cl)ccc1-c1cccc(COc2ccc3c(c2)C(=O)NC3CC(=O)O)c1.O=C(O)CC1NC(=O)c2cc(O)ccc21. The summed E-state index contributed by atoms with van der Waals surface area (Å²) in [5.74, 6) is -2.61. The van der Waals surface area contributed by atoms with Crippen LogP contribution in [0.1, 0.15) is 96.3 Å². The molecule has 0 fully saturated rings. The average molecular weight is 882 g/mol. The summed E-state index contributed by atoms with van der Waals surface area (Å²) in [6, 6.07) is 26.6. The van der Waals surface area contributed by atoms with Gasteiger partial charge in [-0.15, -0.1) is 0 Å². The maximum atomic E-state index is 12.2. The van der Waals surface area contributed by atoms with Crippen LogP contribution in [-0.2, 0) is 25.7 Å². The van der Waals surface area contributed by atoms with Crippen molar-refractivity contribution in [1.29, 1.82) is 0 Å². The lowest BCUT2D eigenvalue weighted by atomic mass is 9.99. The Labute approximate surface area is 366 Å². The van der Waals surface area contributed by atoms with Crippen LogP contribution in [0.25, 0.3) is 11.1 Å². The zero-order chi connectivity index (χ0) is 46.0. The third-order valence-electron chi connectivity index (χ3n) is 10.1. The van der Waals surface area contributed by atoms with Crippen molar-refractivity contribution in [2.45, 2.75) is 50.9 Å². The van der Waals surface area contributed by atoms with Gasteiger partial charge in [-0.25, -0.2) is 0 Å². The van der Waals surface area contributed by atoms with Gasteiger partial charge < -0.3 is 51.0 Å². The van der Waals surface area contributed by atoms with E-state index in [2.05, 4.69) is 26.8 Å². The van der Waals surface area contributed by atoms with Gasteiger partial charge in [0.2, 0.25) is 0 Å². The monoisotopic (exact) mass is 881 g/mol. The first kappa shape index (κ1) is 46.6. The minimum Gasteiger partial charge on any atom is -0.508 e. The molecule has 3 aliphatic heterocycles. The number of aliphatic hydroxyl groups excluding tert-OH is 1. The first-order chi connectivity index (χ1) is 30.1. The van der Waals surface area contributed by atoms with Crippen molar-refractivity contribution in [3.05, 3.63) is 147 Å². The molecule has 17 heteroatoms. The van der Waals surface area contributed by atoms with Gasteiger partial charge in [0.25, 0.3) is 17.7 Å². The lowest BCUT2D eigenvalue weighted by Gasteiger charge is -2.11. The molecular weight excluding hydrogens is 838 g/mol. The topological polar surface area (TPSA) is 258 Å². The second-order valence-corrected chi connectivity index (χ2v) is 14.7. The molecule has 3 heterocycles. The van der Waals surface area contributed by atoms with E-state index in [1.54, 1.807) is 30.3 Å². The number of aryl methyl sites for hydroxylation is 1. The molecule has 0 bridgehead atoms. The summed E-state index contributed by atoms with van der Waals surface area (Å²) in [6.07, 6.45) is -0.195. The summed E-state index contributed by atoms with van der Waals surface area (Å²) in [5, 5.41) is 51.7. The number of nitrogens with one attached hydrogen (secondary N) is 3. The third-order valence-corrected chi connectivity index (χ3v) is 10.3. The molecule has 0 saturated heterocycles. The van der Waals surface area contributed by atoms with E-state index in [4.69, 9.17) is 31.7 Å². The number of carbonyl (C=O) groups excluding carboxylic acids is 4. The summed E-state index contributed by atoms with van der Waals surface area (Å²) in [7, 11) is 2.30. The molecule has 0 aliphatic carbocycles. The Bertz CT molecular complexity index is 2560. The molecule has 3 atom stereocenters. The van der Waals surface area contributed by atoms with Gasteiger partial charge in [-0.2, -0.15) is 0 Å². The second kappa shape index (κ2) is 20.9.